The van der Waals surface area contributed by atoms with Crippen molar-refractivity contribution in [3.8, 4) is 0 Å². The summed E-state index contributed by atoms with van der Waals surface area (Å²) in [5.74, 6) is 0. The zero-order valence-corrected chi connectivity index (χ0v) is 9.76. The third-order valence-corrected chi connectivity index (χ3v) is 3.36. The molecule has 2 nitrogen and oxygen atoms in total. The number of halogens is 3. The van der Waals surface area contributed by atoms with Crippen molar-refractivity contribution in [2.24, 2.45) is 5.73 Å². The standard InChI is InChI=1S/C11H21F3N2/c1-2-9-5-3-4-8-16(9)10(6-7-15)11(12,13)14/h9-10H,2-8,15H2,1H3. The summed E-state index contributed by atoms with van der Waals surface area (Å²) in [4.78, 5) is 1.62. The van der Waals surface area contributed by atoms with Crippen LogP contribution in [0.1, 0.15) is 39.0 Å². The minimum atomic E-state index is -4.15. The number of nitrogens with two attached hydrogens (primary N) is 1. The molecule has 96 valence electrons. The number of hydrogen-bond acceptors (Lipinski definition) is 2. The second-order valence-electron chi connectivity index (χ2n) is 4.43. The van der Waals surface area contributed by atoms with Crippen molar-refractivity contribution in [3.05, 3.63) is 0 Å². The van der Waals surface area contributed by atoms with Crippen LogP contribution in [0.2, 0.25) is 0 Å². The molecule has 1 fully saturated rings. The lowest BCUT2D eigenvalue weighted by molar-refractivity contribution is -0.194. The summed E-state index contributed by atoms with van der Waals surface area (Å²) in [5, 5.41) is 0. The van der Waals surface area contributed by atoms with Gasteiger partial charge < -0.3 is 5.73 Å². The van der Waals surface area contributed by atoms with Gasteiger partial charge in [-0.15, -0.1) is 0 Å². The van der Waals surface area contributed by atoms with Crippen LogP contribution >= 0.6 is 0 Å². The Labute approximate surface area is 95.0 Å². The maximum absolute atomic E-state index is 12.9. The van der Waals surface area contributed by atoms with Crippen molar-refractivity contribution in [2.75, 3.05) is 13.1 Å². The number of likely N-dealkylation sites (tertiary alicyclic amines) is 1. The molecule has 0 saturated carbocycles. The molecule has 2 N–H and O–H groups in total. The molecule has 0 aliphatic carbocycles. The summed E-state index contributed by atoms with van der Waals surface area (Å²) >= 11 is 0. The van der Waals surface area contributed by atoms with E-state index in [2.05, 4.69) is 0 Å². The van der Waals surface area contributed by atoms with E-state index < -0.39 is 12.2 Å². The average molecular weight is 238 g/mol. The van der Waals surface area contributed by atoms with E-state index in [4.69, 9.17) is 5.73 Å². The first-order valence-electron chi connectivity index (χ1n) is 6.03. The minimum absolute atomic E-state index is 0.0139. The van der Waals surface area contributed by atoms with Crippen LogP contribution in [0.25, 0.3) is 0 Å². The van der Waals surface area contributed by atoms with Gasteiger partial charge in [0.2, 0.25) is 0 Å². The van der Waals surface area contributed by atoms with Crippen LogP contribution in [0.15, 0.2) is 0 Å². The second-order valence-corrected chi connectivity index (χ2v) is 4.43. The maximum atomic E-state index is 12.9. The van der Waals surface area contributed by atoms with Crippen LogP contribution in [0.5, 0.6) is 0 Å². The highest BCUT2D eigenvalue weighted by atomic mass is 19.4. The van der Waals surface area contributed by atoms with Crippen LogP contribution in [0, 0.1) is 0 Å². The highest BCUT2D eigenvalue weighted by Crippen LogP contribution is 2.32. The summed E-state index contributed by atoms with van der Waals surface area (Å²) in [6, 6.07) is -1.27. The van der Waals surface area contributed by atoms with Gasteiger partial charge in [0, 0.05) is 6.04 Å². The van der Waals surface area contributed by atoms with E-state index in [1.165, 1.54) is 0 Å². The monoisotopic (exact) mass is 238 g/mol. The predicted molar refractivity (Wildman–Crippen MR) is 58.2 cm³/mol. The molecule has 2 unspecified atom stereocenters. The normalized spacial score (nSPS) is 25.7. The minimum Gasteiger partial charge on any atom is -0.330 e. The number of nitrogens with zero attached hydrogens (tertiary/aromatic N) is 1. The Morgan fingerprint density at radius 1 is 1.38 bits per heavy atom. The first kappa shape index (κ1) is 13.8. The van der Waals surface area contributed by atoms with Gasteiger partial charge in [0.05, 0.1) is 0 Å². The lowest BCUT2D eigenvalue weighted by atomic mass is 9.96. The molecule has 0 radical (unpaired) electrons. The van der Waals surface area contributed by atoms with Crippen molar-refractivity contribution >= 4 is 0 Å². The first-order valence-corrected chi connectivity index (χ1v) is 6.03. The van der Waals surface area contributed by atoms with E-state index >= 15 is 0 Å². The number of rotatable bonds is 4. The van der Waals surface area contributed by atoms with Crippen LogP contribution in [-0.4, -0.2) is 36.2 Å². The van der Waals surface area contributed by atoms with E-state index in [9.17, 15) is 13.2 Å². The van der Waals surface area contributed by atoms with E-state index in [1.807, 2.05) is 6.92 Å². The van der Waals surface area contributed by atoms with Crippen LogP contribution < -0.4 is 5.73 Å². The first-order chi connectivity index (χ1) is 7.50. The predicted octanol–water partition coefficient (Wildman–Crippen LogP) is 2.53. The summed E-state index contributed by atoms with van der Waals surface area (Å²) in [5.41, 5.74) is 5.29. The Morgan fingerprint density at radius 2 is 2.06 bits per heavy atom. The lowest BCUT2D eigenvalue weighted by Gasteiger charge is -2.41. The van der Waals surface area contributed by atoms with E-state index in [0.717, 1.165) is 25.7 Å². The molecule has 1 rings (SSSR count). The Hall–Kier alpha value is -0.290. The molecule has 0 amide bonds. The summed E-state index contributed by atoms with van der Waals surface area (Å²) in [6.45, 7) is 2.61. The third kappa shape index (κ3) is 3.35. The Bertz CT molecular complexity index is 206. The average Bonchev–Trinajstić information content (AvgIpc) is 2.24. The quantitative estimate of drug-likeness (QED) is 0.815. The smallest absolute Gasteiger partial charge is 0.330 e. The van der Waals surface area contributed by atoms with Gasteiger partial charge in [0.25, 0.3) is 0 Å². The molecule has 0 bridgehead atoms. The van der Waals surface area contributed by atoms with Gasteiger partial charge in [-0.05, 0) is 38.8 Å². The molecule has 1 aliphatic heterocycles. The molecule has 0 spiro atoms. The topological polar surface area (TPSA) is 29.3 Å². The molecular formula is C11H21F3N2. The van der Waals surface area contributed by atoms with Crippen molar-refractivity contribution in [2.45, 2.75) is 57.3 Å². The highest BCUT2D eigenvalue weighted by Gasteiger charge is 2.45. The van der Waals surface area contributed by atoms with E-state index in [1.54, 1.807) is 4.90 Å². The summed E-state index contributed by atoms with van der Waals surface area (Å²) < 4.78 is 38.7. The molecular weight excluding hydrogens is 217 g/mol. The van der Waals surface area contributed by atoms with Crippen LogP contribution in [0.4, 0.5) is 13.2 Å². The Morgan fingerprint density at radius 3 is 2.56 bits per heavy atom. The molecule has 0 aromatic carbocycles. The molecule has 5 heteroatoms. The fraction of sp³-hybridized carbons (Fsp3) is 1.00. The van der Waals surface area contributed by atoms with Gasteiger partial charge in [-0.25, -0.2) is 0 Å². The second kappa shape index (κ2) is 5.87. The summed E-state index contributed by atoms with van der Waals surface area (Å²) in [7, 11) is 0. The number of hydrogen-bond donors (Lipinski definition) is 1. The SMILES string of the molecule is CCC1CCCCN1C(CCN)C(F)(F)F. The van der Waals surface area contributed by atoms with Crippen LogP contribution in [-0.2, 0) is 0 Å². The van der Waals surface area contributed by atoms with Gasteiger partial charge in [0.15, 0.2) is 0 Å². The van der Waals surface area contributed by atoms with Gasteiger partial charge in [-0.3, -0.25) is 4.90 Å². The van der Waals surface area contributed by atoms with Crippen molar-refractivity contribution < 1.29 is 13.2 Å². The van der Waals surface area contributed by atoms with Gasteiger partial charge in [-0.1, -0.05) is 13.3 Å². The molecule has 1 heterocycles. The van der Waals surface area contributed by atoms with Gasteiger partial charge in [0.1, 0.15) is 6.04 Å². The van der Waals surface area contributed by atoms with Gasteiger partial charge in [-0.2, -0.15) is 13.2 Å². The zero-order valence-electron chi connectivity index (χ0n) is 9.76. The molecule has 1 saturated heterocycles. The maximum Gasteiger partial charge on any atom is 0.404 e. The molecule has 1 aliphatic rings. The highest BCUT2D eigenvalue weighted by molar-refractivity contribution is 4.86. The largest absolute Gasteiger partial charge is 0.404 e. The van der Waals surface area contributed by atoms with Crippen molar-refractivity contribution in [1.29, 1.82) is 0 Å². The molecule has 0 aromatic heterocycles. The Balaban J connectivity index is 2.74. The third-order valence-electron chi connectivity index (χ3n) is 3.36. The fourth-order valence-electron chi connectivity index (χ4n) is 2.55. The fourth-order valence-corrected chi connectivity index (χ4v) is 2.55. The number of piperidine rings is 1. The molecule has 2 atom stereocenters. The molecule has 0 aromatic rings. The summed E-state index contributed by atoms with van der Waals surface area (Å²) in [6.07, 6.45) is -0.551. The van der Waals surface area contributed by atoms with Gasteiger partial charge >= 0.3 is 6.18 Å². The number of alkyl halides is 3. The molecule has 16 heavy (non-hydrogen) atoms. The van der Waals surface area contributed by atoms with Crippen LogP contribution in [0.3, 0.4) is 0 Å². The lowest BCUT2D eigenvalue weighted by Crippen LogP contribution is -2.53. The Kier molecular flexibility index (Phi) is 5.05. The van der Waals surface area contributed by atoms with E-state index in [-0.39, 0.29) is 19.0 Å². The van der Waals surface area contributed by atoms with E-state index in [0.29, 0.717) is 6.54 Å². The van der Waals surface area contributed by atoms with Crippen molar-refractivity contribution in [1.82, 2.24) is 4.90 Å². The zero-order chi connectivity index (χ0) is 12.2. The van der Waals surface area contributed by atoms with Crippen molar-refractivity contribution in [3.63, 3.8) is 0 Å².